The van der Waals surface area contributed by atoms with Gasteiger partial charge in [-0.15, -0.1) is 0 Å². The van der Waals surface area contributed by atoms with E-state index in [1.54, 1.807) is 0 Å². The summed E-state index contributed by atoms with van der Waals surface area (Å²) >= 11 is 7.14. The first-order valence-electron chi connectivity index (χ1n) is 7.06. The third-order valence-corrected chi connectivity index (χ3v) is 4.81. The van der Waals surface area contributed by atoms with Gasteiger partial charge in [-0.3, -0.25) is 0 Å². The number of hydrogen-bond acceptors (Lipinski definition) is 1. The van der Waals surface area contributed by atoms with Crippen LogP contribution in [0, 0.1) is 0 Å². The Balaban J connectivity index is 1.72. The number of rotatable bonds is 4. The Labute approximate surface area is 147 Å². The molecule has 0 unspecified atom stereocenters. The van der Waals surface area contributed by atoms with Gasteiger partial charge in [-0.25, -0.2) is 0 Å². The van der Waals surface area contributed by atoms with Crippen LogP contribution in [0.25, 0.3) is 11.1 Å². The maximum Gasteiger partial charge on any atom is 0.0631 e. The van der Waals surface area contributed by atoms with Gasteiger partial charge < -0.3 is 5.32 Å². The number of hydrogen-bond donors (Lipinski definition) is 1. The molecule has 0 spiro atoms. The van der Waals surface area contributed by atoms with Crippen LogP contribution in [-0.2, 0) is 6.54 Å². The molecule has 0 saturated heterocycles. The molecule has 1 N–H and O–H groups in total. The van der Waals surface area contributed by atoms with Crippen LogP contribution in [0.3, 0.4) is 0 Å². The molecular formula is C19H15Br2N. The van der Waals surface area contributed by atoms with Gasteiger partial charge in [0.1, 0.15) is 0 Å². The largest absolute Gasteiger partial charge is 0.379 e. The van der Waals surface area contributed by atoms with Gasteiger partial charge >= 0.3 is 0 Å². The Morgan fingerprint density at radius 1 is 0.636 bits per heavy atom. The van der Waals surface area contributed by atoms with E-state index in [-0.39, 0.29) is 0 Å². The molecule has 0 aliphatic carbocycles. The van der Waals surface area contributed by atoms with E-state index in [2.05, 4.69) is 85.7 Å². The summed E-state index contributed by atoms with van der Waals surface area (Å²) in [4.78, 5) is 0. The highest BCUT2D eigenvalue weighted by Crippen LogP contribution is 2.31. The fraction of sp³-hybridized carbons (Fsp3) is 0.0526. The molecular weight excluding hydrogens is 402 g/mol. The molecule has 0 saturated carbocycles. The van der Waals surface area contributed by atoms with Crippen molar-refractivity contribution in [3.8, 4) is 11.1 Å². The number of benzene rings is 3. The summed E-state index contributed by atoms with van der Waals surface area (Å²) < 4.78 is 2.12. The van der Waals surface area contributed by atoms with E-state index in [0.717, 1.165) is 21.2 Å². The van der Waals surface area contributed by atoms with Crippen LogP contribution >= 0.6 is 31.9 Å². The Morgan fingerprint density at radius 3 is 1.86 bits per heavy atom. The Kier molecular flexibility index (Phi) is 4.96. The van der Waals surface area contributed by atoms with Crippen LogP contribution in [0.4, 0.5) is 5.69 Å². The summed E-state index contributed by atoms with van der Waals surface area (Å²) in [6.45, 7) is 0.788. The van der Waals surface area contributed by atoms with Gasteiger partial charge in [0.25, 0.3) is 0 Å². The van der Waals surface area contributed by atoms with Crippen molar-refractivity contribution in [2.24, 2.45) is 0 Å². The lowest BCUT2D eigenvalue weighted by atomic mass is 10.0. The minimum atomic E-state index is 0.788. The minimum Gasteiger partial charge on any atom is -0.379 e. The van der Waals surface area contributed by atoms with E-state index >= 15 is 0 Å². The predicted molar refractivity (Wildman–Crippen MR) is 101 cm³/mol. The average molecular weight is 417 g/mol. The second kappa shape index (κ2) is 7.12. The van der Waals surface area contributed by atoms with Gasteiger partial charge in [-0.05, 0) is 60.7 Å². The maximum atomic E-state index is 3.57. The topological polar surface area (TPSA) is 12.0 Å². The van der Waals surface area contributed by atoms with E-state index in [0.29, 0.717) is 0 Å². The molecule has 3 rings (SSSR count). The van der Waals surface area contributed by atoms with E-state index in [4.69, 9.17) is 0 Å². The first-order valence-corrected chi connectivity index (χ1v) is 8.65. The molecule has 0 radical (unpaired) electrons. The fourth-order valence-corrected chi connectivity index (χ4v) is 3.58. The van der Waals surface area contributed by atoms with E-state index in [1.807, 2.05) is 24.3 Å². The lowest BCUT2D eigenvalue weighted by Gasteiger charge is -2.11. The molecule has 110 valence electrons. The summed E-state index contributed by atoms with van der Waals surface area (Å²) in [6, 6.07) is 25.2. The molecule has 0 fully saturated rings. The Bertz CT molecular complexity index is 732. The monoisotopic (exact) mass is 415 g/mol. The molecule has 3 aromatic carbocycles. The molecule has 22 heavy (non-hydrogen) atoms. The Morgan fingerprint density at radius 2 is 1.23 bits per heavy atom. The molecule has 0 aliphatic rings. The van der Waals surface area contributed by atoms with Gasteiger partial charge in [0, 0.05) is 15.5 Å². The normalized spacial score (nSPS) is 10.5. The molecule has 0 amide bonds. The molecule has 3 heteroatoms. The number of nitrogens with one attached hydrogen (secondary N) is 1. The number of anilines is 1. The van der Waals surface area contributed by atoms with Crippen LogP contribution in [0.5, 0.6) is 0 Å². The van der Waals surface area contributed by atoms with Crippen molar-refractivity contribution in [1.82, 2.24) is 0 Å². The third-order valence-electron chi connectivity index (χ3n) is 3.49. The molecule has 0 aromatic heterocycles. The lowest BCUT2D eigenvalue weighted by Crippen LogP contribution is -2.00. The van der Waals surface area contributed by atoms with Crippen LogP contribution in [0.1, 0.15) is 5.56 Å². The van der Waals surface area contributed by atoms with Crippen molar-refractivity contribution in [3.63, 3.8) is 0 Å². The zero-order chi connectivity index (χ0) is 15.4. The molecule has 3 aromatic rings. The van der Waals surface area contributed by atoms with Crippen LogP contribution < -0.4 is 5.32 Å². The predicted octanol–water partition coefficient (Wildman–Crippen LogP) is 6.49. The summed E-state index contributed by atoms with van der Waals surface area (Å²) in [5.74, 6) is 0. The van der Waals surface area contributed by atoms with Gasteiger partial charge in [0.05, 0.1) is 5.69 Å². The quantitative estimate of drug-likeness (QED) is 0.512. The molecule has 1 nitrogen and oxygen atoms in total. The minimum absolute atomic E-state index is 0.788. The van der Waals surface area contributed by atoms with E-state index in [9.17, 15) is 0 Å². The number of halogens is 2. The van der Waals surface area contributed by atoms with Crippen molar-refractivity contribution in [2.45, 2.75) is 6.54 Å². The highest BCUT2D eigenvalue weighted by atomic mass is 79.9. The first-order chi connectivity index (χ1) is 10.7. The smallest absolute Gasteiger partial charge is 0.0631 e. The van der Waals surface area contributed by atoms with Crippen molar-refractivity contribution in [3.05, 3.63) is 87.3 Å². The van der Waals surface area contributed by atoms with E-state index < -0.39 is 0 Å². The van der Waals surface area contributed by atoms with Crippen LogP contribution in [-0.4, -0.2) is 0 Å². The summed E-state index contributed by atoms with van der Waals surface area (Å²) in [6.07, 6.45) is 0. The SMILES string of the molecule is Brc1cccc(Br)c1NCc1ccc(-c2ccccc2)cc1. The van der Waals surface area contributed by atoms with Gasteiger partial charge in [-0.2, -0.15) is 0 Å². The van der Waals surface area contributed by atoms with Gasteiger partial charge in [0.15, 0.2) is 0 Å². The van der Waals surface area contributed by atoms with Crippen LogP contribution in [0.2, 0.25) is 0 Å². The summed E-state index contributed by atoms with van der Waals surface area (Å²) in [5.41, 5.74) is 4.82. The standard InChI is InChI=1S/C19H15Br2N/c20-17-7-4-8-18(21)19(17)22-13-14-9-11-16(12-10-14)15-5-2-1-3-6-15/h1-12,22H,13H2. The summed E-state index contributed by atoms with van der Waals surface area (Å²) in [5, 5.41) is 3.46. The van der Waals surface area contributed by atoms with Crippen molar-refractivity contribution < 1.29 is 0 Å². The molecule has 0 aliphatic heterocycles. The highest BCUT2D eigenvalue weighted by molar-refractivity contribution is 9.11. The maximum absolute atomic E-state index is 3.57. The van der Waals surface area contributed by atoms with Gasteiger partial charge in [0.2, 0.25) is 0 Å². The molecule has 0 heterocycles. The first kappa shape index (κ1) is 15.3. The molecule has 0 atom stereocenters. The highest BCUT2D eigenvalue weighted by Gasteiger charge is 2.04. The number of para-hydroxylation sites is 1. The molecule has 0 bridgehead atoms. The second-order valence-corrected chi connectivity index (χ2v) is 6.72. The summed E-state index contributed by atoms with van der Waals surface area (Å²) in [7, 11) is 0. The average Bonchev–Trinajstić information content (AvgIpc) is 2.56. The fourth-order valence-electron chi connectivity index (χ4n) is 2.30. The second-order valence-electron chi connectivity index (χ2n) is 5.01. The lowest BCUT2D eigenvalue weighted by molar-refractivity contribution is 1.14. The van der Waals surface area contributed by atoms with E-state index in [1.165, 1.54) is 16.7 Å². The van der Waals surface area contributed by atoms with Gasteiger partial charge in [-0.1, -0.05) is 60.7 Å². The van der Waals surface area contributed by atoms with Crippen molar-refractivity contribution in [1.29, 1.82) is 0 Å². The van der Waals surface area contributed by atoms with Crippen LogP contribution in [0.15, 0.2) is 81.7 Å². The van der Waals surface area contributed by atoms with Crippen molar-refractivity contribution >= 4 is 37.5 Å². The zero-order valence-corrected chi connectivity index (χ0v) is 15.1. The zero-order valence-electron chi connectivity index (χ0n) is 11.9. The third kappa shape index (κ3) is 3.60. The Hall–Kier alpha value is -1.58. The van der Waals surface area contributed by atoms with Crippen molar-refractivity contribution in [2.75, 3.05) is 5.32 Å².